The first-order valence-corrected chi connectivity index (χ1v) is 9.17. The molecule has 0 aliphatic carbocycles. The molecular weight excluding hydrogens is 380 g/mol. The minimum Gasteiger partial charge on any atom is -0.465 e. The number of methoxy groups -OCH3 is 1. The number of rotatable bonds is 5. The number of aryl methyl sites for hydroxylation is 1. The molecule has 0 bridgehead atoms. The molecule has 0 aliphatic rings. The van der Waals surface area contributed by atoms with Gasteiger partial charge in [0.25, 0.3) is 11.8 Å². The molecule has 8 heteroatoms. The maximum absolute atomic E-state index is 12.8. The van der Waals surface area contributed by atoms with Crippen molar-refractivity contribution in [1.29, 1.82) is 0 Å². The summed E-state index contributed by atoms with van der Waals surface area (Å²) in [6.45, 7) is 3.52. The zero-order chi connectivity index (χ0) is 20.3. The average molecular weight is 398 g/mol. The molecule has 7 nitrogen and oxygen atoms in total. The zero-order valence-electron chi connectivity index (χ0n) is 15.5. The molecule has 0 fully saturated rings. The number of hydrogen-bond donors (Lipinski definition) is 2. The van der Waals surface area contributed by atoms with Crippen LogP contribution in [0.2, 0.25) is 0 Å². The van der Waals surface area contributed by atoms with Crippen molar-refractivity contribution in [3.05, 3.63) is 70.0 Å². The summed E-state index contributed by atoms with van der Waals surface area (Å²) in [5.74, 6) is -1.45. The highest BCUT2D eigenvalue weighted by Gasteiger charge is 2.27. The molecule has 2 amide bonds. The Kier molecular flexibility index (Phi) is 5.60. The molecule has 0 atom stereocenters. The summed E-state index contributed by atoms with van der Waals surface area (Å²) in [6, 6.07) is 10.4. The largest absolute Gasteiger partial charge is 0.465 e. The number of ether oxygens (including phenoxy) is 1. The topological polar surface area (TPSA) is 97.6 Å². The maximum Gasteiger partial charge on any atom is 0.341 e. The van der Waals surface area contributed by atoms with Crippen molar-refractivity contribution in [3.8, 4) is 0 Å². The lowest BCUT2D eigenvalue weighted by molar-refractivity contribution is 0.0601. The molecule has 0 unspecified atom stereocenters. The van der Waals surface area contributed by atoms with Crippen LogP contribution in [0, 0.1) is 13.8 Å². The third-order valence-electron chi connectivity index (χ3n) is 4.11. The molecule has 0 spiro atoms. The van der Waals surface area contributed by atoms with E-state index in [0.717, 1.165) is 16.9 Å². The summed E-state index contributed by atoms with van der Waals surface area (Å²) in [4.78, 5) is 37.7. The molecule has 3 aromatic rings. The van der Waals surface area contributed by atoms with Gasteiger partial charge >= 0.3 is 5.97 Å². The summed E-state index contributed by atoms with van der Waals surface area (Å²) in [7, 11) is 1.24. The number of furan rings is 1. The highest BCUT2D eigenvalue weighted by molar-refractivity contribution is 7.19. The van der Waals surface area contributed by atoms with E-state index in [4.69, 9.17) is 9.15 Å². The van der Waals surface area contributed by atoms with Crippen LogP contribution in [0.5, 0.6) is 0 Å². The molecule has 2 heterocycles. The van der Waals surface area contributed by atoms with Gasteiger partial charge in [-0.05, 0) is 43.2 Å². The van der Waals surface area contributed by atoms with E-state index >= 15 is 0 Å². The van der Waals surface area contributed by atoms with Crippen LogP contribution in [-0.2, 0) is 4.74 Å². The van der Waals surface area contributed by atoms with Gasteiger partial charge in [-0.3, -0.25) is 9.59 Å². The number of para-hydroxylation sites is 1. The van der Waals surface area contributed by atoms with E-state index in [-0.39, 0.29) is 22.2 Å². The van der Waals surface area contributed by atoms with Gasteiger partial charge in [0.15, 0.2) is 5.76 Å². The van der Waals surface area contributed by atoms with Crippen molar-refractivity contribution >= 4 is 39.8 Å². The Morgan fingerprint density at radius 2 is 1.75 bits per heavy atom. The number of benzene rings is 1. The number of anilines is 2. The lowest BCUT2D eigenvalue weighted by atomic mass is 10.1. The van der Waals surface area contributed by atoms with Crippen molar-refractivity contribution < 1.29 is 23.5 Å². The predicted molar refractivity (Wildman–Crippen MR) is 106 cm³/mol. The summed E-state index contributed by atoms with van der Waals surface area (Å²) in [5, 5.41) is 5.68. The smallest absolute Gasteiger partial charge is 0.341 e. The molecule has 1 aromatic carbocycles. The normalized spacial score (nSPS) is 10.4. The maximum atomic E-state index is 12.8. The lowest BCUT2D eigenvalue weighted by Crippen LogP contribution is -2.14. The summed E-state index contributed by atoms with van der Waals surface area (Å²) in [5.41, 5.74) is 2.14. The number of amides is 2. The van der Waals surface area contributed by atoms with E-state index in [2.05, 4.69) is 10.6 Å². The van der Waals surface area contributed by atoms with Crippen molar-refractivity contribution in [2.24, 2.45) is 0 Å². The Bertz CT molecular complexity index is 1040. The first kappa shape index (κ1) is 19.4. The Morgan fingerprint density at radius 3 is 2.39 bits per heavy atom. The first-order chi connectivity index (χ1) is 13.4. The standard InChI is InChI=1S/C20H18N2O5S/c1-11-7-4-5-8-13(11)21-18(24)16-12(2)15(20(25)26-3)19(28-16)22-17(23)14-9-6-10-27-14/h4-10H,1-3H3,(H,21,24)(H,22,23). The third kappa shape index (κ3) is 3.81. The van der Waals surface area contributed by atoms with Crippen molar-refractivity contribution in [1.82, 2.24) is 0 Å². The number of carbonyl (C=O) groups is 3. The van der Waals surface area contributed by atoms with E-state index in [1.807, 2.05) is 25.1 Å². The Morgan fingerprint density at radius 1 is 1.00 bits per heavy atom. The lowest BCUT2D eigenvalue weighted by Gasteiger charge is -2.07. The van der Waals surface area contributed by atoms with Crippen LogP contribution in [0.4, 0.5) is 10.7 Å². The van der Waals surface area contributed by atoms with E-state index in [1.54, 1.807) is 19.1 Å². The van der Waals surface area contributed by atoms with Crippen LogP contribution in [0.1, 0.15) is 41.7 Å². The number of esters is 1. The first-order valence-electron chi connectivity index (χ1n) is 8.36. The predicted octanol–water partition coefficient (Wildman–Crippen LogP) is 4.25. The second-order valence-electron chi connectivity index (χ2n) is 5.95. The number of nitrogens with one attached hydrogen (secondary N) is 2. The van der Waals surface area contributed by atoms with Gasteiger partial charge in [0.1, 0.15) is 5.00 Å². The van der Waals surface area contributed by atoms with Gasteiger partial charge in [-0.2, -0.15) is 0 Å². The van der Waals surface area contributed by atoms with E-state index < -0.39 is 11.9 Å². The minimum atomic E-state index is -0.640. The molecule has 0 aliphatic heterocycles. The summed E-state index contributed by atoms with van der Waals surface area (Å²) >= 11 is 1.00. The van der Waals surface area contributed by atoms with Crippen molar-refractivity contribution in [3.63, 3.8) is 0 Å². The van der Waals surface area contributed by atoms with Gasteiger partial charge in [-0.15, -0.1) is 11.3 Å². The van der Waals surface area contributed by atoms with Gasteiger partial charge in [0.2, 0.25) is 0 Å². The van der Waals surface area contributed by atoms with E-state index in [1.165, 1.54) is 19.4 Å². The van der Waals surface area contributed by atoms with Crippen LogP contribution in [-0.4, -0.2) is 24.9 Å². The highest BCUT2D eigenvalue weighted by atomic mass is 32.1. The van der Waals surface area contributed by atoms with Crippen LogP contribution in [0.25, 0.3) is 0 Å². The van der Waals surface area contributed by atoms with Crippen LogP contribution in [0.3, 0.4) is 0 Å². The molecule has 3 rings (SSSR count). The zero-order valence-corrected chi connectivity index (χ0v) is 16.3. The van der Waals surface area contributed by atoms with Gasteiger partial charge in [0, 0.05) is 5.69 Å². The van der Waals surface area contributed by atoms with Gasteiger partial charge in [0.05, 0.1) is 23.8 Å². The fourth-order valence-corrected chi connectivity index (χ4v) is 3.72. The fourth-order valence-electron chi connectivity index (χ4n) is 2.63. The molecule has 0 saturated carbocycles. The second-order valence-corrected chi connectivity index (χ2v) is 6.97. The minimum absolute atomic E-state index is 0.0905. The average Bonchev–Trinajstić information content (AvgIpc) is 3.31. The Balaban J connectivity index is 1.94. The fraction of sp³-hybridized carbons (Fsp3) is 0.150. The molecule has 28 heavy (non-hydrogen) atoms. The van der Waals surface area contributed by atoms with Crippen LogP contribution < -0.4 is 10.6 Å². The molecule has 0 saturated heterocycles. The Labute approximate surface area is 165 Å². The number of hydrogen-bond acceptors (Lipinski definition) is 6. The molecule has 2 aromatic heterocycles. The van der Waals surface area contributed by atoms with Gasteiger partial charge < -0.3 is 19.8 Å². The third-order valence-corrected chi connectivity index (χ3v) is 5.31. The Hall–Kier alpha value is -3.39. The summed E-state index contributed by atoms with van der Waals surface area (Å²) < 4.78 is 9.89. The highest BCUT2D eigenvalue weighted by Crippen LogP contribution is 2.34. The van der Waals surface area contributed by atoms with Crippen molar-refractivity contribution in [2.75, 3.05) is 17.7 Å². The molecule has 0 radical (unpaired) electrons. The van der Waals surface area contributed by atoms with E-state index in [0.29, 0.717) is 16.1 Å². The molecular formula is C20H18N2O5S. The summed E-state index contributed by atoms with van der Waals surface area (Å²) in [6.07, 6.45) is 1.37. The monoisotopic (exact) mass is 398 g/mol. The molecule has 144 valence electrons. The van der Waals surface area contributed by atoms with Crippen LogP contribution >= 0.6 is 11.3 Å². The van der Waals surface area contributed by atoms with Crippen molar-refractivity contribution in [2.45, 2.75) is 13.8 Å². The number of thiophene rings is 1. The quantitative estimate of drug-likeness (QED) is 0.626. The van der Waals surface area contributed by atoms with Gasteiger partial charge in [-0.25, -0.2) is 4.79 Å². The second kappa shape index (κ2) is 8.10. The number of carbonyl (C=O) groups excluding carboxylic acids is 3. The molecule has 2 N–H and O–H groups in total. The SMILES string of the molecule is COC(=O)c1c(NC(=O)c2ccco2)sc(C(=O)Nc2ccccc2C)c1C. The van der Waals surface area contributed by atoms with Crippen LogP contribution in [0.15, 0.2) is 47.1 Å². The van der Waals surface area contributed by atoms with Gasteiger partial charge in [-0.1, -0.05) is 18.2 Å². The van der Waals surface area contributed by atoms with E-state index in [9.17, 15) is 14.4 Å².